The van der Waals surface area contributed by atoms with Crippen LogP contribution in [0.4, 0.5) is 0 Å². The van der Waals surface area contributed by atoms with E-state index in [1.807, 2.05) is 49.1 Å². The summed E-state index contributed by atoms with van der Waals surface area (Å²) in [6, 6.07) is 43.3. The van der Waals surface area contributed by atoms with E-state index in [4.69, 9.17) is 18.9 Å². The molecule has 0 unspecified atom stereocenters. The van der Waals surface area contributed by atoms with Crippen molar-refractivity contribution < 1.29 is 38.1 Å². The number of hydrogen-bond acceptors (Lipinski definition) is 12. The molecule has 0 radical (unpaired) electrons. The van der Waals surface area contributed by atoms with Crippen molar-refractivity contribution in [2.45, 2.75) is 205 Å². The average molecular weight is 1530 g/mol. The van der Waals surface area contributed by atoms with Gasteiger partial charge in [0, 0.05) is 132 Å². The van der Waals surface area contributed by atoms with Crippen molar-refractivity contribution in [3.8, 4) is 0 Å². The molecule has 0 amide bonds. The minimum Gasteiger partial charge on any atom is -0.489 e. The number of carbonyl (C=O) groups is 4. The third-order valence-electron chi connectivity index (χ3n) is 30.5. The van der Waals surface area contributed by atoms with Crippen molar-refractivity contribution in [1.29, 1.82) is 0 Å². The minimum atomic E-state index is -0.0821. The lowest BCUT2D eigenvalue weighted by molar-refractivity contribution is -0.117. The maximum atomic E-state index is 12.3. The van der Waals surface area contributed by atoms with E-state index < -0.39 is 0 Å². The second kappa shape index (κ2) is 28.6. The highest BCUT2D eigenvalue weighted by atomic mass is 16.5. The van der Waals surface area contributed by atoms with Crippen molar-refractivity contribution in [2.75, 3.05) is 0 Å². The highest BCUT2D eigenvalue weighted by Gasteiger charge is 2.58. The number of carbonyl (C=O) groups excluding carboxylic acids is 4. The molecule has 0 N–H and O–H groups in total. The van der Waals surface area contributed by atoms with Gasteiger partial charge in [0.15, 0.2) is 23.1 Å². The highest BCUT2D eigenvalue weighted by molar-refractivity contribution is 6.02. The van der Waals surface area contributed by atoms with E-state index in [1.54, 1.807) is 0 Å². The van der Waals surface area contributed by atoms with Crippen LogP contribution in [0.25, 0.3) is 54.8 Å². The fourth-order valence-electron chi connectivity index (χ4n) is 24.2. The molecule has 4 aliphatic heterocycles. The lowest BCUT2D eigenvalue weighted by atomic mass is 9.61. The van der Waals surface area contributed by atoms with Crippen molar-refractivity contribution in [1.82, 2.24) is 19.9 Å². The number of rotatable bonds is 4. The van der Waals surface area contributed by atoms with Gasteiger partial charge in [-0.1, -0.05) is 137 Å². The summed E-state index contributed by atoms with van der Waals surface area (Å²) < 4.78 is 26.1. The molecule has 4 aromatic heterocycles. The molecular formula is C104H100N4O8. The molecule has 14 atom stereocenters. The van der Waals surface area contributed by atoms with Gasteiger partial charge in [0.2, 0.25) is 0 Å². The second-order valence-electron chi connectivity index (χ2n) is 36.7. The molecular weight excluding hydrogens is 1430 g/mol. The molecule has 4 aromatic carbocycles. The first-order valence-electron chi connectivity index (χ1n) is 43.3. The summed E-state index contributed by atoms with van der Waals surface area (Å²) in [4.78, 5) is 67.6. The van der Waals surface area contributed by atoms with E-state index in [-0.39, 0.29) is 69.2 Å². The molecule has 16 aliphatic rings. The van der Waals surface area contributed by atoms with Crippen LogP contribution >= 0.6 is 0 Å². The van der Waals surface area contributed by atoms with Crippen molar-refractivity contribution >= 4 is 77.9 Å². The fourth-order valence-corrected chi connectivity index (χ4v) is 24.2. The van der Waals surface area contributed by atoms with Gasteiger partial charge in [-0.05, 0) is 241 Å². The van der Waals surface area contributed by atoms with Gasteiger partial charge in [0.1, 0.15) is 47.5 Å². The van der Waals surface area contributed by atoms with E-state index >= 15 is 0 Å². The Kier molecular flexibility index (Phi) is 18.0. The molecule has 0 spiro atoms. The highest BCUT2D eigenvalue weighted by Crippen LogP contribution is 2.65. The number of allylic oxidation sites excluding steroid dienone is 18. The fraction of sp³-hybridized carbons (Fsp3) is 0.385. The minimum absolute atomic E-state index is 0.0296. The summed E-state index contributed by atoms with van der Waals surface area (Å²) in [6.45, 7) is 9.61. The van der Waals surface area contributed by atoms with Gasteiger partial charge in [-0.25, -0.2) is 0 Å². The summed E-state index contributed by atoms with van der Waals surface area (Å²) in [7, 11) is 0. The third-order valence-corrected chi connectivity index (χ3v) is 30.5. The molecule has 0 bridgehead atoms. The van der Waals surface area contributed by atoms with Crippen molar-refractivity contribution in [2.24, 2.45) is 45.3 Å². The number of nitrogens with zero attached hydrogens (tertiary/aromatic N) is 4. The number of Topliss-reactive ketones (excluding diaryl/α,β-unsaturated/α-hetero) is 4. The SMILES string of the molecule is C[C@]12C=CC3=CC4=C(CCCC4=O)O[C@H]3[C@@H]1CC=C2c1ccc2cccnc2c1.C[C@]12C=CC3=CC4=C(CCCC4=O)O[C@H]3[C@@H]1CC[C@@H]2c1ccc2cccnc2c1.C[C@]12CCC3=CC4=C(CCCC4=O)O[C@H]3[C@@H]1CC=C2c1ccc2cccnc2c1.C[C@]12CCC3=CC4=C(CCCC4=O)O[C@H]3[C@@H]1CC[C@@H]2c1ccc2cccnc2c1. The molecule has 4 saturated carbocycles. The van der Waals surface area contributed by atoms with Crippen LogP contribution in [-0.4, -0.2) is 67.5 Å². The quantitative estimate of drug-likeness (QED) is 0.165. The van der Waals surface area contributed by atoms with Crippen LogP contribution in [-0.2, 0) is 38.1 Å². The maximum absolute atomic E-state index is 12.3. The van der Waals surface area contributed by atoms with Gasteiger partial charge >= 0.3 is 0 Å². The molecule has 24 rings (SSSR count). The Balaban J connectivity index is 0.0000000966. The van der Waals surface area contributed by atoms with Gasteiger partial charge in [-0.2, -0.15) is 0 Å². The Morgan fingerprint density at radius 2 is 0.784 bits per heavy atom. The Morgan fingerprint density at radius 3 is 1.32 bits per heavy atom. The summed E-state index contributed by atoms with van der Waals surface area (Å²) in [6.07, 6.45) is 51.3. The Hall–Kier alpha value is -10.7. The van der Waals surface area contributed by atoms with Gasteiger partial charge < -0.3 is 18.9 Å². The van der Waals surface area contributed by atoms with Crippen LogP contribution in [0, 0.1) is 45.3 Å². The molecule has 12 nitrogen and oxygen atoms in total. The van der Waals surface area contributed by atoms with Crippen molar-refractivity contribution in [3.63, 3.8) is 0 Å². The number of hydrogen-bond donors (Lipinski definition) is 0. The lowest BCUT2D eigenvalue weighted by Crippen LogP contribution is -2.43. The molecule has 116 heavy (non-hydrogen) atoms. The monoisotopic (exact) mass is 1530 g/mol. The first-order chi connectivity index (χ1) is 56.5. The van der Waals surface area contributed by atoms with Gasteiger partial charge in [-0.3, -0.25) is 39.1 Å². The first kappa shape index (κ1) is 72.9. The predicted octanol–water partition coefficient (Wildman–Crippen LogP) is 22.8. The summed E-state index contributed by atoms with van der Waals surface area (Å²) in [5, 5.41) is 4.75. The number of ether oxygens (including phenoxy) is 4. The second-order valence-corrected chi connectivity index (χ2v) is 36.7. The van der Waals surface area contributed by atoms with Gasteiger partial charge in [0.25, 0.3) is 0 Å². The smallest absolute Gasteiger partial charge is 0.166 e. The third kappa shape index (κ3) is 12.2. The van der Waals surface area contributed by atoms with Crippen LogP contribution < -0.4 is 0 Å². The number of fused-ring (bicyclic) bond motifs is 16. The summed E-state index contributed by atoms with van der Waals surface area (Å²) in [5.41, 5.74) is 21.1. The van der Waals surface area contributed by atoms with Crippen LogP contribution in [0.5, 0.6) is 0 Å². The van der Waals surface area contributed by atoms with E-state index in [0.29, 0.717) is 61.2 Å². The van der Waals surface area contributed by atoms with E-state index in [2.05, 4.69) is 205 Å². The molecule has 12 aliphatic carbocycles. The number of pyridine rings is 4. The zero-order valence-electron chi connectivity index (χ0n) is 67.0. The largest absolute Gasteiger partial charge is 0.489 e. The molecule has 584 valence electrons. The van der Waals surface area contributed by atoms with E-state index in [0.717, 1.165) is 175 Å². The van der Waals surface area contributed by atoms with Crippen LogP contribution in [0.3, 0.4) is 0 Å². The van der Waals surface area contributed by atoms with Crippen LogP contribution in [0.1, 0.15) is 203 Å². The van der Waals surface area contributed by atoms with Crippen molar-refractivity contribution in [3.05, 3.63) is 297 Å². The first-order valence-corrected chi connectivity index (χ1v) is 43.3. The summed E-state index contributed by atoms with van der Waals surface area (Å²) >= 11 is 0. The molecule has 0 saturated heterocycles. The van der Waals surface area contributed by atoms with Crippen LogP contribution in [0.2, 0.25) is 0 Å². The number of ketones is 4. The van der Waals surface area contributed by atoms with E-state index in [9.17, 15) is 19.2 Å². The zero-order valence-corrected chi connectivity index (χ0v) is 67.0. The Bertz CT molecular complexity index is 5850. The van der Waals surface area contributed by atoms with Gasteiger partial charge in [0.05, 0.1) is 44.4 Å². The molecule has 8 aromatic rings. The zero-order chi connectivity index (χ0) is 78.3. The Labute approximate surface area is 679 Å². The van der Waals surface area contributed by atoms with Gasteiger partial charge in [-0.15, -0.1) is 0 Å². The topological polar surface area (TPSA) is 157 Å². The van der Waals surface area contributed by atoms with Crippen LogP contribution in [0.15, 0.2) is 274 Å². The van der Waals surface area contributed by atoms with E-state index in [1.165, 1.54) is 85.5 Å². The molecule has 8 heterocycles. The maximum Gasteiger partial charge on any atom is 0.166 e. The lowest BCUT2D eigenvalue weighted by Gasteiger charge is -2.48. The Morgan fingerprint density at radius 1 is 0.371 bits per heavy atom. The molecule has 4 fully saturated rings. The summed E-state index contributed by atoms with van der Waals surface area (Å²) in [5.74, 6) is 7.53. The number of aromatic nitrogens is 4. The standard InChI is InChI=1S/C26H27NO2.2C26H25NO2.C26H23NO2/c4*1-26-12-11-18-14-19-23(28)5-2-6-24(19)29-25(18)21(26)10-9-20(26)17-8-7-16-4-3-13-27-22(16)15-17/h3-4,7-8,13-15,20-21,25H,2,5-6,9-12H2,1H3;3-4,7-8,11-15,20-21,25H,2,5-6,9-10H2,1H3;3-4,7-9,13-15,21,25H,2,5-6,10-12H2,1H3;3-4,7-9,11-15,21,25H,2,5-6,10H2,1H3/t2*20-,21+,25-,26-;2*21-,25+,26+/m1100/s1. The number of benzene rings is 4. The molecule has 12 heteroatoms. The predicted molar refractivity (Wildman–Crippen MR) is 455 cm³/mol. The average Bonchev–Trinajstić information content (AvgIpc) is 1.63. The normalized spacial score (nSPS) is 32.0.